The predicted octanol–water partition coefficient (Wildman–Crippen LogP) is 16.4. The Morgan fingerprint density at radius 2 is 0.621 bits per heavy atom. The fraction of sp³-hybridized carbons (Fsp3) is 0.0690. The van der Waals surface area contributed by atoms with E-state index in [0.29, 0.717) is 0 Å². The minimum Gasteiger partial charge on any atom is -0.0622 e. The lowest BCUT2D eigenvalue weighted by Crippen LogP contribution is -2.10. The van der Waals surface area contributed by atoms with E-state index in [4.69, 9.17) is 0 Å². The van der Waals surface area contributed by atoms with E-state index in [1.54, 1.807) is 0 Å². The SMILES string of the molecule is CC(C)(C)c1ccc2c(c1)-c1ccc3c4c(ccc-2c14)-c1cc2c(-c4ccccc4-c4ccccc4)c4ccccc4c(-c4ccccc4-c4ccccc4)c2cc1-3. The second kappa shape index (κ2) is 12.2. The lowest BCUT2D eigenvalue weighted by Gasteiger charge is -2.22. The Kier molecular flexibility index (Phi) is 7.00. The van der Waals surface area contributed by atoms with Gasteiger partial charge in [-0.2, -0.15) is 0 Å². The van der Waals surface area contributed by atoms with Crippen molar-refractivity contribution in [2.24, 2.45) is 0 Å². The molecule has 0 saturated carbocycles. The Bertz CT molecular complexity index is 3180. The van der Waals surface area contributed by atoms with Gasteiger partial charge < -0.3 is 0 Å². The summed E-state index contributed by atoms with van der Waals surface area (Å²) in [5.74, 6) is 0. The maximum atomic E-state index is 2.54. The van der Waals surface area contributed by atoms with Crippen LogP contribution in [0.15, 0.2) is 188 Å². The Morgan fingerprint density at radius 1 is 0.259 bits per heavy atom. The number of rotatable bonds is 4. The molecule has 0 fully saturated rings. The smallest absolute Gasteiger partial charge is 0.00139 e. The lowest BCUT2D eigenvalue weighted by atomic mass is 9.81. The highest BCUT2D eigenvalue weighted by Gasteiger charge is 2.32. The Morgan fingerprint density at radius 3 is 1.07 bits per heavy atom. The van der Waals surface area contributed by atoms with Crippen molar-refractivity contribution in [3.8, 4) is 89.0 Å². The van der Waals surface area contributed by atoms with Gasteiger partial charge in [-0.25, -0.2) is 0 Å². The molecular weight excluding hydrogens is 697 g/mol. The largest absolute Gasteiger partial charge is 0.0622 e. The molecule has 0 bridgehead atoms. The summed E-state index contributed by atoms with van der Waals surface area (Å²) in [6, 6.07) is 70.7. The van der Waals surface area contributed by atoms with Gasteiger partial charge in [-0.1, -0.05) is 191 Å². The van der Waals surface area contributed by atoms with Gasteiger partial charge in [0, 0.05) is 0 Å². The molecule has 0 atom stereocenters. The van der Waals surface area contributed by atoms with Gasteiger partial charge in [0.15, 0.2) is 0 Å². The Balaban J connectivity index is 1.21. The molecule has 58 heavy (non-hydrogen) atoms. The Hall–Kier alpha value is -7.02. The molecule has 0 heteroatoms. The van der Waals surface area contributed by atoms with E-state index >= 15 is 0 Å². The quantitative estimate of drug-likeness (QED) is 0.158. The molecule has 10 aromatic rings. The van der Waals surface area contributed by atoms with Crippen LogP contribution >= 0.6 is 0 Å². The predicted molar refractivity (Wildman–Crippen MR) is 248 cm³/mol. The van der Waals surface area contributed by atoms with Gasteiger partial charge in [-0.3, -0.25) is 0 Å². The van der Waals surface area contributed by atoms with E-state index in [9.17, 15) is 0 Å². The maximum absolute atomic E-state index is 2.54. The summed E-state index contributed by atoms with van der Waals surface area (Å²) in [5, 5.41) is 7.85. The van der Waals surface area contributed by atoms with E-state index < -0.39 is 0 Å². The summed E-state index contributed by atoms with van der Waals surface area (Å²) in [5.41, 5.74) is 22.1. The third-order valence-electron chi connectivity index (χ3n) is 12.9. The molecule has 2 aliphatic carbocycles. The summed E-state index contributed by atoms with van der Waals surface area (Å²) in [4.78, 5) is 0. The molecule has 272 valence electrons. The van der Waals surface area contributed by atoms with E-state index in [-0.39, 0.29) is 5.41 Å². The van der Waals surface area contributed by atoms with Gasteiger partial charge in [0.2, 0.25) is 0 Å². The molecule has 0 aromatic heterocycles. The molecule has 2 aliphatic rings. The fourth-order valence-electron chi connectivity index (χ4n) is 10.3. The number of hydrogen-bond acceptors (Lipinski definition) is 0. The average molecular weight is 737 g/mol. The van der Waals surface area contributed by atoms with Crippen LogP contribution in [0, 0.1) is 0 Å². The van der Waals surface area contributed by atoms with Crippen molar-refractivity contribution in [2.75, 3.05) is 0 Å². The van der Waals surface area contributed by atoms with Gasteiger partial charge in [-0.15, -0.1) is 0 Å². The molecule has 0 amide bonds. The van der Waals surface area contributed by atoms with Crippen LogP contribution in [0.2, 0.25) is 0 Å². The summed E-state index contributed by atoms with van der Waals surface area (Å²) in [6.07, 6.45) is 0. The summed E-state index contributed by atoms with van der Waals surface area (Å²) in [7, 11) is 0. The van der Waals surface area contributed by atoms with Crippen LogP contribution in [0.5, 0.6) is 0 Å². The molecule has 0 nitrogen and oxygen atoms in total. The van der Waals surface area contributed by atoms with Crippen LogP contribution in [0.25, 0.3) is 121 Å². The first-order valence-electron chi connectivity index (χ1n) is 20.5. The minimum absolute atomic E-state index is 0.0789. The topological polar surface area (TPSA) is 0 Å². The zero-order valence-corrected chi connectivity index (χ0v) is 32.9. The lowest BCUT2D eigenvalue weighted by molar-refractivity contribution is 0.590. The second-order valence-electron chi connectivity index (χ2n) is 17.1. The zero-order chi connectivity index (χ0) is 38.7. The van der Waals surface area contributed by atoms with Crippen molar-refractivity contribution in [1.82, 2.24) is 0 Å². The first-order chi connectivity index (χ1) is 28.4. The molecule has 0 unspecified atom stereocenters. The third kappa shape index (κ3) is 4.69. The van der Waals surface area contributed by atoms with Crippen molar-refractivity contribution in [2.45, 2.75) is 26.2 Å². The van der Waals surface area contributed by atoms with Crippen molar-refractivity contribution < 1.29 is 0 Å². The van der Waals surface area contributed by atoms with Crippen molar-refractivity contribution in [3.63, 3.8) is 0 Å². The number of hydrogen-bond donors (Lipinski definition) is 0. The van der Waals surface area contributed by atoms with Gasteiger partial charge >= 0.3 is 0 Å². The molecule has 0 heterocycles. The van der Waals surface area contributed by atoms with Crippen molar-refractivity contribution in [1.29, 1.82) is 0 Å². The highest BCUT2D eigenvalue weighted by atomic mass is 14.3. The highest BCUT2D eigenvalue weighted by molar-refractivity contribution is 6.30. The fourth-order valence-corrected chi connectivity index (χ4v) is 10.3. The van der Waals surface area contributed by atoms with Gasteiger partial charge in [0.05, 0.1) is 0 Å². The van der Waals surface area contributed by atoms with Crippen LogP contribution in [-0.4, -0.2) is 0 Å². The van der Waals surface area contributed by atoms with E-state index in [2.05, 4.69) is 209 Å². The van der Waals surface area contributed by atoms with Crippen molar-refractivity contribution in [3.05, 3.63) is 194 Å². The van der Waals surface area contributed by atoms with E-state index in [1.165, 1.54) is 127 Å². The number of fused-ring (bicyclic) bond motifs is 8. The average Bonchev–Trinajstić information content (AvgIpc) is 3.76. The molecule has 0 aliphatic heterocycles. The van der Waals surface area contributed by atoms with Gasteiger partial charge in [0.1, 0.15) is 0 Å². The van der Waals surface area contributed by atoms with Crippen LogP contribution < -0.4 is 0 Å². The second-order valence-corrected chi connectivity index (χ2v) is 17.1. The summed E-state index contributed by atoms with van der Waals surface area (Å²) in [6.45, 7) is 6.93. The molecule has 0 N–H and O–H groups in total. The van der Waals surface area contributed by atoms with Gasteiger partial charge in [-0.05, 0) is 151 Å². The van der Waals surface area contributed by atoms with E-state index in [1.807, 2.05) is 0 Å². The summed E-state index contributed by atoms with van der Waals surface area (Å²) >= 11 is 0. The molecule has 10 aromatic carbocycles. The molecule has 0 saturated heterocycles. The summed E-state index contributed by atoms with van der Waals surface area (Å²) < 4.78 is 0. The molecule has 12 rings (SSSR count). The van der Waals surface area contributed by atoms with E-state index in [0.717, 1.165) is 0 Å². The third-order valence-corrected chi connectivity index (χ3v) is 12.9. The van der Waals surface area contributed by atoms with Gasteiger partial charge in [0.25, 0.3) is 0 Å². The standard InChI is InChI=1S/C58H40/c1-58(2,3)37-26-27-40-45-28-29-47-50-33-52-53(34-51(50)48-31-30-46(49(40)32-37)56(45)57(47)48)55(42-23-13-11-21-39(42)36-18-8-5-9-19-36)44-25-15-14-24-43(44)54(52)41-22-12-10-20-38(41)35-16-6-4-7-17-35/h4-34H,1-3H3. The molecule has 0 radical (unpaired) electrons. The first-order valence-corrected chi connectivity index (χ1v) is 20.5. The highest BCUT2D eigenvalue weighted by Crippen LogP contribution is 2.58. The first kappa shape index (κ1) is 33.2. The van der Waals surface area contributed by atoms with Crippen LogP contribution in [0.1, 0.15) is 26.3 Å². The molecular formula is C58H40. The minimum atomic E-state index is 0.0789. The normalized spacial score (nSPS) is 12.4. The number of benzene rings is 10. The maximum Gasteiger partial charge on any atom is -0.00139 e. The Labute approximate surface area is 339 Å². The monoisotopic (exact) mass is 736 g/mol. The zero-order valence-electron chi connectivity index (χ0n) is 32.9. The van der Waals surface area contributed by atoms with Crippen LogP contribution in [-0.2, 0) is 5.41 Å². The van der Waals surface area contributed by atoms with Crippen molar-refractivity contribution >= 4 is 32.3 Å². The van der Waals surface area contributed by atoms with Crippen LogP contribution in [0.3, 0.4) is 0 Å². The van der Waals surface area contributed by atoms with Crippen LogP contribution in [0.4, 0.5) is 0 Å². The molecule has 0 spiro atoms.